The van der Waals surface area contributed by atoms with Crippen molar-refractivity contribution >= 4 is 17.6 Å². The summed E-state index contributed by atoms with van der Waals surface area (Å²) < 4.78 is 1.65. The molecular formula is C15H17ClN4O2. The molecule has 0 spiro atoms. The van der Waals surface area contributed by atoms with E-state index in [0.717, 1.165) is 24.1 Å². The van der Waals surface area contributed by atoms with Crippen molar-refractivity contribution in [2.24, 2.45) is 0 Å². The Hall–Kier alpha value is -1.92. The zero-order valence-corrected chi connectivity index (χ0v) is 12.9. The number of halogens is 1. The molecule has 2 aromatic rings. The summed E-state index contributed by atoms with van der Waals surface area (Å²) in [5.74, 6) is -0.803. The van der Waals surface area contributed by atoms with Crippen LogP contribution >= 0.6 is 11.6 Å². The van der Waals surface area contributed by atoms with Crippen LogP contribution in [-0.2, 0) is 11.3 Å². The number of benzene rings is 1. The summed E-state index contributed by atoms with van der Waals surface area (Å²) in [4.78, 5) is 17.3. The van der Waals surface area contributed by atoms with Gasteiger partial charge in [0.1, 0.15) is 18.7 Å². The molecule has 1 atom stereocenters. The first kappa shape index (κ1) is 15.0. The number of hydrogen-bond donors (Lipinski definition) is 1. The molecule has 1 aliphatic carbocycles. The summed E-state index contributed by atoms with van der Waals surface area (Å²) in [6, 6.07) is 5.37. The van der Waals surface area contributed by atoms with Gasteiger partial charge < -0.3 is 5.11 Å². The van der Waals surface area contributed by atoms with Crippen molar-refractivity contribution < 1.29 is 9.90 Å². The molecule has 1 aromatic heterocycles. The number of aliphatic carboxylic acids is 1. The minimum Gasteiger partial charge on any atom is -0.480 e. The van der Waals surface area contributed by atoms with Crippen molar-refractivity contribution in [1.29, 1.82) is 0 Å². The molecule has 0 radical (unpaired) electrons. The molecule has 1 aliphatic rings. The lowest BCUT2D eigenvalue weighted by atomic mass is 10.1. The van der Waals surface area contributed by atoms with Crippen molar-refractivity contribution in [3.05, 3.63) is 41.4 Å². The number of rotatable bonds is 6. The zero-order valence-electron chi connectivity index (χ0n) is 12.2. The zero-order chi connectivity index (χ0) is 15.7. The quantitative estimate of drug-likeness (QED) is 0.884. The van der Waals surface area contributed by atoms with Crippen LogP contribution in [-0.4, -0.2) is 42.8 Å². The molecule has 1 heterocycles. The Morgan fingerprint density at radius 2 is 2.32 bits per heavy atom. The predicted molar refractivity (Wildman–Crippen MR) is 82.0 cm³/mol. The van der Waals surface area contributed by atoms with E-state index in [2.05, 4.69) is 10.1 Å². The van der Waals surface area contributed by atoms with E-state index < -0.39 is 12.0 Å². The van der Waals surface area contributed by atoms with Gasteiger partial charge in [-0.1, -0.05) is 17.7 Å². The largest absolute Gasteiger partial charge is 0.480 e. The van der Waals surface area contributed by atoms with Crippen LogP contribution in [0.1, 0.15) is 25.3 Å². The molecule has 1 fully saturated rings. The molecule has 1 aromatic carbocycles. The molecule has 3 rings (SSSR count). The fraction of sp³-hybridized carbons (Fsp3) is 0.400. The van der Waals surface area contributed by atoms with E-state index in [4.69, 9.17) is 11.6 Å². The average molecular weight is 321 g/mol. The lowest BCUT2D eigenvalue weighted by molar-refractivity contribution is -0.143. The minimum atomic E-state index is -0.803. The Morgan fingerprint density at radius 3 is 2.91 bits per heavy atom. The van der Waals surface area contributed by atoms with Gasteiger partial charge in [-0.3, -0.25) is 9.69 Å². The Bertz CT molecular complexity index is 670. The van der Waals surface area contributed by atoms with Crippen LogP contribution in [0.15, 0.2) is 30.9 Å². The van der Waals surface area contributed by atoms with E-state index >= 15 is 0 Å². The molecule has 116 valence electrons. The average Bonchev–Trinajstić information content (AvgIpc) is 3.19. The van der Waals surface area contributed by atoms with E-state index in [1.54, 1.807) is 17.9 Å². The highest BCUT2D eigenvalue weighted by Gasteiger charge is 2.35. The predicted octanol–water partition coefficient (Wildman–Crippen LogP) is 2.36. The summed E-state index contributed by atoms with van der Waals surface area (Å²) >= 11 is 6.09. The molecule has 1 saturated carbocycles. The minimum absolute atomic E-state index is 0.338. The molecule has 0 saturated heterocycles. The molecule has 6 nitrogen and oxygen atoms in total. The van der Waals surface area contributed by atoms with E-state index in [1.807, 2.05) is 23.1 Å². The number of carboxylic acids is 1. The summed E-state index contributed by atoms with van der Waals surface area (Å²) in [6.45, 7) is 2.27. The highest BCUT2D eigenvalue weighted by Crippen LogP contribution is 2.31. The highest BCUT2D eigenvalue weighted by atomic mass is 35.5. The molecule has 1 unspecified atom stereocenters. The molecule has 7 heteroatoms. The SMILES string of the molecule is CC(C(=O)O)N(Cc1ccc(Cl)cc1-n1cncn1)C1CC1. The molecule has 0 amide bonds. The first-order valence-corrected chi connectivity index (χ1v) is 7.56. The molecule has 0 bridgehead atoms. The van der Waals surface area contributed by atoms with E-state index in [1.165, 1.54) is 6.33 Å². The van der Waals surface area contributed by atoms with Gasteiger partial charge in [-0.2, -0.15) is 5.10 Å². The van der Waals surface area contributed by atoms with Crippen molar-refractivity contribution in [2.45, 2.75) is 38.4 Å². The van der Waals surface area contributed by atoms with Gasteiger partial charge in [0.2, 0.25) is 0 Å². The highest BCUT2D eigenvalue weighted by molar-refractivity contribution is 6.30. The number of carboxylic acid groups (broad SMARTS) is 1. The van der Waals surface area contributed by atoms with Crippen LogP contribution in [0.2, 0.25) is 5.02 Å². The Labute approximate surface area is 133 Å². The smallest absolute Gasteiger partial charge is 0.320 e. The number of nitrogens with zero attached hydrogens (tertiary/aromatic N) is 4. The van der Waals surface area contributed by atoms with Gasteiger partial charge in [-0.15, -0.1) is 0 Å². The lowest BCUT2D eigenvalue weighted by Gasteiger charge is -2.27. The van der Waals surface area contributed by atoms with Crippen molar-refractivity contribution in [3.63, 3.8) is 0 Å². The van der Waals surface area contributed by atoms with Gasteiger partial charge in [-0.25, -0.2) is 9.67 Å². The van der Waals surface area contributed by atoms with Crippen molar-refractivity contribution in [3.8, 4) is 5.69 Å². The molecular weight excluding hydrogens is 304 g/mol. The number of aromatic nitrogens is 3. The van der Waals surface area contributed by atoms with Crippen LogP contribution in [0.25, 0.3) is 5.69 Å². The summed E-state index contributed by atoms with van der Waals surface area (Å²) in [7, 11) is 0. The Balaban J connectivity index is 1.92. The van der Waals surface area contributed by atoms with E-state index in [9.17, 15) is 9.90 Å². The topological polar surface area (TPSA) is 71.2 Å². The Morgan fingerprint density at radius 1 is 1.55 bits per heavy atom. The Kier molecular flexibility index (Phi) is 4.13. The summed E-state index contributed by atoms with van der Waals surface area (Å²) in [5.41, 5.74) is 1.81. The molecule has 0 aliphatic heterocycles. The van der Waals surface area contributed by atoms with Crippen LogP contribution in [0.4, 0.5) is 0 Å². The van der Waals surface area contributed by atoms with Crippen LogP contribution in [0.5, 0.6) is 0 Å². The standard InChI is InChI=1S/C15H17ClN4O2/c1-10(15(21)22)19(13-4-5-13)7-11-2-3-12(16)6-14(11)20-9-17-8-18-20/h2-3,6,8-10,13H,4-5,7H2,1H3,(H,21,22). The van der Waals surface area contributed by atoms with Crippen LogP contribution in [0, 0.1) is 0 Å². The van der Waals surface area contributed by atoms with Crippen LogP contribution in [0.3, 0.4) is 0 Å². The summed E-state index contributed by atoms with van der Waals surface area (Å²) in [6.07, 6.45) is 5.16. The third-order valence-corrected chi connectivity index (χ3v) is 4.17. The number of carbonyl (C=O) groups is 1. The van der Waals surface area contributed by atoms with Gasteiger partial charge in [0.15, 0.2) is 0 Å². The van der Waals surface area contributed by atoms with Gasteiger partial charge in [0.25, 0.3) is 0 Å². The first-order valence-electron chi connectivity index (χ1n) is 7.18. The fourth-order valence-electron chi connectivity index (χ4n) is 2.54. The van der Waals surface area contributed by atoms with Gasteiger partial charge in [-0.05, 0) is 37.5 Å². The number of hydrogen-bond acceptors (Lipinski definition) is 4. The molecule has 1 N–H and O–H groups in total. The lowest BCUT2D eigenvalue weighted by Crippen LogP contribution is -2.40. The third-order valence-electron chi connectivity index (χ3n) is 3.94. The maximum Gasteiger partial charge on any atom is 0.320 e. The normalized spacial score (nSPS) is 16.0. The second-order valence-electron chi connectivity index (χ2n) is 5.53. The maximum absolute atomic E-state index is 11.3. The second-order valence-corrected chi connectivity index (χ2v) is 5.97. The fourth-order valence-corrected chi connectivity index (χ4v) is 2.71. The van der Waals surface area contributed by atoms with E-state index in [0.29, 0.717) is 17.6 Å². The van der Waals surface area contributed by atoms with Gasteiger partial charge >= 0.3 is 5.97 Å². The maximum atomic E-state index is 11.3. The second kappa shape index (κ2) is 6.06. The van der Waals surface area contributed by atoms with Crippen LogP contribution < -0.4 is 0 Å². The summed E-state index contributed by atoms with van der Waals surface area (Å²) in [5, 5.41) is 14.1. The van der Waals surface area contributed by atoms with E-state index in [-0.39, 0.29) is 0 Å². The monoisotopic (exact) mass is 320 g/mol. The molecule has 22 heavy (non-hydrogen) atoms. The van der Waals surface area contributed by atoms with Crippen molar-refractivity contribution in [2.75, 3.05) is 0 Å². The van der Waals surface area contributed by atoms with Gasteiger partial charge in [0, 0.05) is 17.6 Å². The van der Waals surface area contributed by atoms with Gasteiger partial charge in [0.05, 0.1) is 5.69 Å². The van der Waals surface area contributed by atoms with Crippen molar-refractivity contribution in [1.82, 2.24) is 19.7 Å². The first-order chi connectivity index (χ1) is 10.6. The third kappa shape index (κ3) is 3.13.